The van der Waals surface area contributed by atoms with Gasteiger partial charge in [-0.1, -0.05) is 6.92 Å². The highest BCUT2D eigenvalue weighted by molar-refractivity contribution is 7.13. The molecule has 0 aliphatic heterocycles. The van der Waals surface area contributed by atoms with Crippen molar-refractivity contribution in [1.82, 2.24) is 4.98 Å². The number of amides is 1. The molecule has 1 amide bonds. The summed E-state index contributed by atoms with van der Waals surface area (Å²) < 4.78 is 4.59. The zero-order valence-corrected chi connectivity index (χ0v) is 12.7. The second-order valence-corrected chi connectivity index (χ2v) is 6.20. The molecule has 0 atom stereocenters. The molecule has 1 aromatic rings. The second kappa shape index (κ2) is 6.83. The second-order valence-electron chi connectivity index (χ2n) is 5.34. The lowest BCUT2D eigenvalue weighted by Crippen LogP contribution is -2.26. The van der Waals surface area contributed by atoms with Crippen molar-refractivity contribution in [2.45, 2.75) is 39.0 Å². The molecule has 1 fully saturated rings. The smallest absolute Gasteiger partial charge is 0.311 e. The highest BCUT2D eigenvalue weighted by Gasteiger charge is 2.24. The molecule has 1 N–H and O–H groups in total. The lowest BCUT2D eigenvalue weighted by molar-refractivity contribution is -0.139. The number of carbonyl (C=O) groups is 2. The molecule has 20 heavy (non-hydrogen) atoms. The molecule has 1 aliphatic rings. The molecule has 0 radical (unpaired) electrons. The fourth-order valence-electron chi connectivity index (χ4n) is 2.40. The minimum atomic E-state index is -0.325. The van der Waals surface area contributed by atoms with Crippen LogP contribution in [0.2, 0.25) is 0 Å². The summed E-state index contributed by atoms with van der Waals surface area (Å²) in [7, 11) is 1.35. The number of nitrogens with zero attached hydrogens (tertiary/aromatic N) is 1. The summed E-state index contributed by atoms with van der Waals surface area (Å²) in [6.07, 6.45) is 4.28. The molecule has 2 rings (SSSR count). The summed E-state index contributed by atoms with van der Waals surface area (Å²) in [5, 5.41) is 5.19. The number of hydrogen-bond acceptors (Lipinski definition) is 5. The van der Waals surface area contributed by atoms with E-state index < -0.39 is 0 Å². The molecule has 1 aromatic heterocycles. The number of aromatic nitrogens is 1. The van der Waals surface area contributed by atoms with E-state index in [1.807, 2.05) is 0 Å². The molecular weight excluding hydrogens is 276 g/mol. The number of rotatable bonds is 4. The largest absolute Gasteiger partial charge is 0.469 e. The zero-order chi connectivity index (χ0) is 14.5. The lowest BCUT2D eigenvalue weighted by Gasteiger charge is -2.24. The molecule has 0 spiro atoms. The van der Waals surface area contributed by atoms with E-state index >= 15 is 0 Å². The Kier molecular flexibility index (Phi) is 5.11. The Balaban J connectivity index is 1.86. The molecule has 0 unspecified atom stereocenters. The quantitative estimate of drug-likeness (QED) is 0.867. The zero-order valence-electron chi connectivity index (χ0n) is 11.8. The number of thiazole rings is 1. The van der Waals surface area contributed by atoms with Crippen LogP contribution in [0.15, 0.2) is 5.38 Å². The molecule has 1 saturated carbocycles. The van der Waals surface area contributed by atoms with Crippen LogP contribution in [0.1, 0.15) is 38.3 Å². The Morgan fingerprint density at radius 2 is 2.10 bits per heavy atom. The molecule has 1 aliphatic carbocycles. The minimum absolute atomic E-state index is 0.0517. The predicted molar refractivity (Wildman–Crippen MR) is 77.6 cm³/mol. The van der Waals surface area contributed by atoms with Crippen molar-refractivity contribution in [2.24, 2.45) is 11.8 Å². The highest BCUT2D eigenvalue weighted by atomic mass is 32.1. The summed E-state index contributed by atoms with van der Waals surface area (Å²) in [6.45, 7) is 2.23. The van der Waals surface area contributed by atoms with Crippen LogP contribution < -0.4 is 5.32 Å². The van der Waals surface area contributed by atoms with Crippen molar-refractivity contribution in [3.63, 3.8) is 0 Å². The fourth-order valence-corrected chi connectivity index (χ4v) is 3.11. The van der Waals surface area contributed by atoms with E-state index in [1.54, 1.807) is 5.38 Å². The van der Waals surface area contributed by atoms with Crippen molar-refractivity contribution in [1.29, 1.82) is 0 Å². The molecule has 110 valence electrons. The van der Waals surface area contributed by atoms with Gasteiger partial charge in [0.2, 0.25) is 5.91 Å². The van der Waals surface area contributed by atoms with E-state index in [-0.39, 0.29) is 24.2 Å². The van der Waals surface area contributed by atoms with Crippen LogP contribution in [0.5, 0.6) is 0 Å². The third-order valence-corrected chi connectivity index (χ3v) is 4.53. The number of nitrogens with one attached hydrogen (secondary N) is 1. The number of anilines is 1. The van der Waals surface area contributed by atoms with Crippen LogP contribution in [0.25, 0.3) is 0 Å². The predicted octanol–water partition coefficient (Wildman–Crippen LogP) is 2.62. The molecule has 6 heteroatoms. The van der Waals surface area contributed by atoms with Crippen molar-refractivity contribution >= 4 is 28.3 Å². The van der Waals surface area contributed by atoms with Gasteiger partial charge in [0.15, 0.2) is 5.13 Å². The van der Waals surface area contributed by atoms with Gasteiger partial charge < -0.3 is 10.1 Å². The van der Waals surface area contributed by atoms with Gasteiger partial charge in [0.1, 0.15) is 0 Å². The standard InChI is InChI=1S/C14H20N2O3S/c1-9-3-5-10(6-4-9)13(18)16-14-15-11(8-20-14)7-12(17)19-2/h8-10H,3-7H2,1-2H3,(H,15,16,18). The van der Waals surface area contributed by atoms with E-state index in [9.17, 15) is 9.59 Å². The Morgan fingerprint density at radius 3 is 2.75 bits per heavy atom. The average Bonchev–Trinajstić information content (AvgIpc) is 2.86. The summed E-state index contributed by atoms with van der Waals surface area (Å²) in [5.41, 5.74) is 0.634. The summed E-state index contributed by atoms with van der Waals surface area (Å²) in [4.78, 5) is 27.5. The van der Waals surface area contributed by atoms with Gasteiger partial charge in [-0.3, -0.25) is 9.59 Å². The molecular formula is C14H20N2O3S. The van der Waals surface area contributed by atoms with Crippen molar-refractivity contribution in [2.75, 3.05) is 12.4 Å². The van der Waals surface area contributed by atoms with E-state index in [2.05, 4.69) is 22.0 Å². The van der Waals surface area contributed by atoms with Gasteiger partial charge in [-0.2, -0.15) is 0 Å². The number of hydrogen-bond donors (Lipinski definition) is 1. The van der Waals surface area contributed by atoms with E-state index in [0.29, 0.717) is 10.8 Å². The Labute approximate surface area is 122 Å². The van der Waals surface area contributed by atoms with Crippen LogP contribution >= 0.6 is 11.3 Å². The van der Waals surface area contributed by atoms with Gasteiger partial charge in [-0.05, 0) is 31.6 Å². The molecule has 0 aromatic carbocycles. The molecule has 1 heterocycles. The van der Waals surface area contributed by atoms with Gasteiger partial charge >= 0.3 is 5.97 Å². The molecule has 5 nitrogen and oxygen atoms in total. The fraction of sp³-hybridized carbons (Fsp3) is 0.643. The molecule has 0 saturated heterocycles. The van der Waals surface area contributed by atoms with Gasteiger partial charge in [-0.15, -0.1) is 11.3 Å². The Hall–Kier alpha value is -1.43. The topological polar surface area (TPSA) is 68.3 Å². The third kappa shape index (κ3) is 4.03. The monoisotopic (exact) mass is 296 g/mol. The van der Waals surface area contributed by atoms with Crippen molar-refractivity contribution in [3.8, 4) is 0 Å². The van der Waals surface area contributed by atoms with Crippen LogP contribution in [0, 0.1) is 11.8 Å². The first-order valence-corrected chi connectivity index (χ1v) is 7.78. The normalized spacial score (nSPS) is 22.3. The van der Waals surface area contributed by atoms with E-state index in [0.717, 1.165) is 31.6 Å². The first-order chi connectivity index (χ1) is 9.58. The van der Waals surface area contributed by atoms with Crippen molar-refractivity contribution < 1.29 is 14.3 Å². The van der Waals surface area contributed by atoms with Gasteiger partial charge in [0, 0.05) is 11.3 Å². The van der Waals surface area contributed by atoms with Crippen LogP contribution in [0.3, 0.4) is 0 Å². The number of ether oxygens (including phenoxy) is 1. The maximum absolute atomic E-state index is 12.1. The van der Waals surface area contributed by atoms with E-state index in [1.165, 1.54) is 18.4 Å². The number of carbonyl (C=O) groups excluding carboxylic acids is 2. The maximum atomic E-state index is 12.1. The lowest BCUT2D eigenvalue weighted by atomic mass is 9.82. The SMILES string of the molecule is COC(=O)Cc1csc(NC(=O)C2CCC(C)CC2)n1. The van der Waals surface area contributed by atoms with Crippen LogP contribution in [0.4, 0.5) is 5.13 Å². The highest BCUT2D eigenvalue weighted by Crippen LogP contribution is 2.29. The van der Waals surface area contributed by atoms with Crippen LogP contribution in [-0.2, 0) is 20.7 Å². The van der Waals surface area contributed by atoms with Crippen molar-refractivity contribution in [3.05, 3.63) is 11.1 Å². The number of esters is 1. The van der Waals surface area contributed by atoms with Gasteiger partial charge in [0.25, 0.3) is 0 Å². The molecule has 0 bridgehead atoms. The first-order valence-electron chi connectivity index (χ1n) is 6.90. The number of methoxy groups -OCH3 is 1. The van der Waals surface area contributed by atoms with Crippen LogP contribution in [-0.4, -0.2) is 24.0 Å². The maximum Gasteiger partial charge on any atom is 0.311 e. The van der Waals surface area contributed by atoms with Gasteiger partial charge in [-0.25, -0.2) is 4.98 Å². The Bertz CT molecular complexity index is 479. The Morgan fingerprint density at radius 1 is 1.40 bits per heavy atom. The minimum Gasteiger partial charge on any atom is -0.469 e. The first kappa shape index (κ1) is 15.0. The summed E-state index contributed by atoms with van der Waals surface area (Å²) in [6, 6.07) is 0. The van der Waals surface area contributed by atoms with Gasteiger partial charge in [0.05, 0.1) is 19.2 Å². The van der Waals surface area contributed by atoms with E-state index in [4.69, 9.17) is 0 Å². The summed E-state index contributed by atoms with van der Waals surface area (Å²) in [5.74, 6) is 0.551. The summed E-state index contributed by atoms with van der Waals surface area (Å²) >= 11 is 1.34. The third-order valence-electron chi connectivity index (χ3n) is 3.72. The average molecular weight is 296 g/mol.